The number of oxazole rings is 1. The number of hydrogen-bond donors (Lipinski definition) is 0. The van der Waals surface area contributed by atoms with Gasteiger partial charge in [0.2, 0.25) is 5.89 Å². The summed E-state index contributed by atoms with van der Waals surface area (Å²) in [6.07, 6.45) is 0. The van der Waals surface area contributed by atoms with Gasteiger partial charge in [0.05, 0.1) is 0 Å². The van der Waals surface area contributed by atoms with Crippen molar-refractivity contribution >= 4 is 74.1 Å². The zero-order valence-electron chi connectivity index (χ0n) is 32.4. The first-order valence-corrected chi connectivity index (χ1v) is 21.8. The van der Waals surface area contributed by atoms with Gasteiger partial charge in [-0.3, -0.25) is 0 Å². The molecule has 0 saturated carbocycles. The quantitative estimate of drug-likeness (QED) is 0.0920. The Morgan fingerprint density at radius 1 is 0.483 bits per heavy atom. The van der Waals surface area contributed by atoms with E-state index in [4.69, 9.17) is 9.40 Å². The van der Waals surface area contributed by atoms with Crippen LogP contribution >= 0.6 is 0 Å². The van der Waals surface area contributed by atoms with E-state index in [0.717, 1.165) is 55.3 Å². The number of rotatable bonds is 7. The monoisotopic (exact) mass is 760 g/mol. The van der Waals surface area contributed by atoms with Crippen molar-refractivity contribution in [1.82, 2.24) is 4.98 Å². The van der Waals surface area contributed by atoms with Gasteiger partial charge < -0.3 is 9.32 Å². The molecule has 0 N–H and O–H groups in total. The van der Waals surface area contributed by atoms with E-state index in [9.17, 15) is 0 Å². The van der Waals surface area contributed by atoms with Gasteiger partial charge >= 0.3 is 0 Å². The molecule has 0 amide bonds. The summed E-state index contributed by atoms with van der Waals surface area (Å²) in [4.78, 5) is 7.41. The smallest absolute Gasteiger partial charge is 0.227 e. The van der Waals surface area contributed by atoms with Gasteiger partial charge in [-0.1, -0.05) is 175 Å². The highest BCUT2D eigenvalue weighted by Gasteiger charge is 2.35. The Kier molecular flexibility index (Phi) is 8.02. The van der Waals surface area contributed by atoms with Gasteiger partial charge in [0.25, 0.3) is 0 Å². The van der Waals surface area contributed by atoms with Crippen LogP contribution in [0.15, 0.2) is 205 Å². The van der Waals surface area contributed by atoms with Gasteiger partial charge in [-0.2, -0.15) is 0 Å². The summed E-state index contributed by atoms with van der Waals surface area (Å²) in [5.74, 6) is 0.631. The predicted octanol–water partition coefficient (Wildman–Crippen LogP) is 11.8. The fourth-order valence-electron chi connectivity index (χ4n) is 9.36. The van der Waals surface area contributed by atoms with Crippen LogP contribution in [0.25, 0.3) is 55.2 Å². The van der Waals surface area contributed by atoms with Crippen LogP contribution in [0.2, 0.25) is 0 Å². The molecule has 0 aliphatic heterocycles. The van der Waals surface area contributed by atoms with Crippen LogP contribution in [0.5, 0.6) is 0 Å². The van der Waals surface area contributed by atoms with Crippen LogP contribution in [-0.4, -0.2) is 13.8 Å². The molecule has 0 unspecified atom stereocenters. The fraction of sp³-hybridized carbons (Fsp3) is 0.0556. The Morgan fingerprint density at radius 3 is 1.84 bits per heavy atom. The number of nitrogens with zero attached hydrogens (tertiary/aromatic N) is 2. The minimum Gasteiger partial charge on any atom is -0.435 e. The number of fused-ring (bicyclic) bond motifs is 8. The normalized spacial score (nSPS) is 12.9. The van der Waals surface area contributed by atoms with Crippen LogP contribution < -0.4 is 20.5 Å². The second-order valence-electron chi connectivity index (χ2n) is 16.0. The van der Waals surface area contributed by atoms with Gasteiger partial charge in [-0.05, 0) is 93.0 Å². The van der Waals surface area contributed by atoms with Crippen LogP contribution in [0.1, 0.15) is 25.0 Å². The lowest BCUT2D eigenvalue weighted by atomic mass is 9.82. The minimum atomic E-state index is -1.81. The van der Waals surface area contributed by atoms with E-state index in [2.05, 4.69) is 189 Å². The predicted molar refractivity (Wildman–Crippen MR) is 246 cm³/mol. The molecule has 0 bridgehead atoms. The molecule has 10 aromatic rings. The molecular formula is C54H40N2OSi. The standard InChI is InChI=1S/C54H40N2OSi/c1-54(2)48-24-13-12-23-45(48)47-35-41(30-31-49(47)54)56(39-17-14-22-44(33-39)58(42-18-8-4-9-19-42)43-20-10-5-11-21-43)40-29-27-36-25-26-37-28-32-50-52(51(37)46(36)34-40)57-53(55-50)38-15-6-3-7-16-38/h3-35,58H,1-2H3. The molecule has 276 valence electrons. The van der Waals surface area contributed by atoms with Crippen molar-refractivity contribution in [3.8, 4) is 22.6 Å². The Morgan fingerprint density at radius 2 is 1.07 bits per heavy atom. The molecule has 0 atom stereocenters. The topological polar surface area (TPSA) is 29.3 Å². The lowest BCUT2D eigenvalue weighted by Gasteiger charge is -2.28. The number of hydrogen-bond acceptors (Lipinski definition) is 3. The van der Waals surface area contributed by atoms with E-state index < -0.39 is 8.80 Å². The summed E-state index contributed by atoms with van der Waals surface area (Å²) in [7, 11) is -1.81. The minimum absolute atomic E-state index is 0.0810. The molecule has 4 heteroatoms. The number of benzene rings is 9. The lowest BCUT2D eigenvalue weighted by molar-refractivity contribution is 0.623. The highest BCUT2D eigenvalue weighted by Crippen LogP contribution is 2.50. The Balaban J connectivity index is 1.14. The van der Waals surface area contributed by atoms with Crippen LogP contribution in [0.3, 0.4) is 0 Å². The second kappa shape index (κ2) is 13.6. The molecule has 58 heavy (non-hydrogen) atoms. The molecule has 1 aliphatic rings. The lowest BCUT2D eigenvalue weighted by Crippen LogP contribution is -2.51. The van der Waals surface area contributed by atoms with E-state index in [-0.39, 0.29) is 5.41 Å². The van der Waals surface area contributed by atoms with Gasteiger partial charge in [0, 0.05) is 33.4 Å². The Bertz CT molecular complexity index is 3110. The van der Waals surface area contributed by atoms with E-state index in [0.29, 0.717) is 5.89 Å². The third kappa shape index (κ3) is 5.60. The van der Waals surface area contributed by atoms with Gasteiger partial charge in [0.15, 0.2) is 5.58 Å². The second-order valence-corrected chi connectivity index (χ2v) is 18.8. The van der Waals surface area contributed by atoms with Crippen LogP contribution in [0, 0.1) is 0 Å². The van der Waals surface area contributed by atoms with Gasteiger partial charge in [-0.15, -0.1) is 0 Å². The summed E-state index contributed by atoms with van der Waals surface area (Å²) in [5.41, 5.74) is 11.2. The summed E-state index contributed by atoms with van der Waals surface area (Å²) in [6, 6.07) is 73.1. The van der Waals surface area contributed by atoms with Crippen molar-refractivity contribution < 1.29 is 4.42 Å². The van der Waals surface area contributed by atoms with Crippen molar-refractivity contribution in [3.05, 3.63) is 211 Å². The van der Waals surface area contributed by atoms with E-state index in [1.54, 1.807) is 0 Å². The molecule has 1 heterocycles. The number of aromatic nitrogens is 1. The van der Waals surface area contributed by atoms with Crippen molar-refractivity contribution in [2.45, 2.75) is 19.3 Å². The zero-order valence-corrected chi connectivity index (χ0v) is 33.6. The Hall–Kier alpha value is -7.01. The summed E-state index contributed by atoms with van der Waals surface area (Å²) in [5, 5.41) is 8.65. The molecule has 0 saturated heterocycles. The summed E-state index contributed by atoms with van der Waals surface area (Å²) in [6.45, 7) is 4.69. The van der Waals surface area contributed by atoms with Crippen LogP contribution in [0.4, 0.5) is 17.1 Å². The maximum atomic E-state index is 6.65. The number of anilines is 3. The van der Waals surface area contributed by atoms with Gasteiger partial charge in [-0.25, -0.2) is 4.98 Å². The van der Waals surface area contributed by atoms with Crippen LogP contribution in [-0.2, 0) is 5.41 Å². The first kappa shape index (κ1) is 34.3. The van der Waals surface area contributed by atoms with Gasteiger partial charge in [0.1, 0.15) is 14.3 Å². The molecule has 1 aliphatic carbocycles. The average molecular weight is 761 g/mol. The van der Waals surface area contributed by atoms with Crippen molar-refractivity contribution in [1.29, 1.82) is 0 Å². The van der Waals surface area contributed by atoms with E-state index >= 15 is 0 Å². The molecule has 11 rings (SSSR count). The molecule has 9 aromatic carbocycles. The third-order valence-corrected chi connectivity index (χ3v) is 15.3. The average Bonchev–Trinajstić information content (AvgIpc) is 3.81. The molecule has 1 aromatic heterocycles. The zero-order chi connectivity index (χ0) is 38.8. The molecule has 0 spiro atoms. The van der Waals surface area contributed by atoms with E-state index in [1.165, 1.54) is 37.8 Å². The SMILES string of the molecule is CC1(C)c2ccccc2-c2cc(N(c3cccc([SiH](c4ccccc4)c4ccccc4)c3)c3ccc4ccc5ccc6nc(-c7ccccc7)oc6c5c4c3)ccc21. The third-order valence-electron chi connectivity index (χ3n) is 12.2. The first-order chi connectivity index (χ1) is 28.5. The maximum absolute atomic E-state index is 6.65. The van der Waals surface area contributed by atoms with Crippen molar-refractivity contribution in [3.63, 3.8) is 0 Å². The Labute approximate surface area is 340 Å². The first-order valence-electron chi connectivity index (χ1n) is 20.1. The van der Waals surface area contributed by atoms with Crippen molar-refractivity contribution in [2.75, 3.05) is 4.90 Å². The molecule has 3 nitrogen and oxygen atoms in total. The summed E-state index contributed by atoms with van der Waals surface area (Å²) < 4.78 is 6.65. The maximum Gasteiger partial charge on any atom is 0.227 e. The fourth-order valence-corrected chi connectivity index (χ4v) is 12.4. The largest absolute Gasteiger partial charge is 0.435 e. The highest BCUT2D eigenvalue weighted by atomic mass is 28.3. The van der Waals surface area contributed by atoms with Crippen molar-refractivity contribution in [2.24, 2.45) is 0 Å². The van der Waals surface area contributed by atoms with E-state index in [1.807, 2.05) is 30.3 Å². The molecular weight excluding hydrogens is 721 g/mol. The molecule has 0 radical (unpaired) electrons. The summed E-state index contributed by atoms with van der Waals surface area (Å²) >= 11 is 0. The highest BCUT2D eigenvalue weighted by molar-refractivity contribution is 6.95. The molecule has 0 fully saturated rings.